The Morgan fingerprint density at radius 1 is 1.10 bits per heavy atom. The van der Waals surface area contributed by atoms with Crippen LogP contribution in [0.3, 0.4) is 0 Å². The van der Waals surface area contributed by atoms with Crippen LogP contribution in [0.2, 0.25) is 0 Å². The number of aromatic nitrogens is 4. The molecule has 1 saturated heterocycles. The summed E-state index contributed by atoms with van der Waals surface area (Å²) in [6.45, 7) is 4.70. The van der Waals surface area contributed by atoms with E-state index in [1.807, 2.05) is 13.0 Å². The van der Waals surface area contributed by atoms with E-state index in [1.165, 1.54) is 11.1 Å². The summed E-state index contributed by atoms with van der Waals surface area (Å²) in [5.74, 6) is 1.13. The quantitative estimate of drug-likeness (QED) is 0.667. The zero-order valence-corrected chi connectivity index (χ0v) is 16.0. The second kappa shape index (κ2) is 7.22. The summed E-state index contributed by atoms with van der Waals surface area (Å²) < 4.78 is 39.1. The average molecular weight is 401 g/mol. The Hall–Kier alpha value is -2.81. The number of hydrogen-bond donors (Lipinski definition) is 0. The zero-order valence-electron chi connectivity index (χ0n) is 16.0. The molecule has 7 nitrogen and oxygen atoms in total. The Labute approximate surface area is 166 Å². The Morgan fingerprint density at radius 3 is 2.69 bits per heavy atom. The first-order valence-electron chi connectivity index (χ1n) is 9.71. The molecule has 29 heavy (non-hydrogen) atoms. The lowest BCUT2D eigenvalue weighted by Gasteiger charge is -2.33. The van der Waals surface area contributed by atoms with Crippen molar-refractivity contribution in [1.82, 2.24) is 19.8 Å². The zero-order chi connectivity index (χ0) is 20.0. The second-order valence-corrected chi connectivity index (χ2v) is 7.51. The van der Waals surface area contributed by atoms with Crippen molar-refractivity contribution in [3.63, 3.8) is 0 Å². The molecule has 5 rings (SSSR count). The number of aryl methyl sites for hydroxylation is 1. The molecule has 0 saturated carbocycles. The van der Waals surface area contributed by atoms with E-state index in [9.17, 15) is 8.78 Å². The predicted octanol–water partition coefficient (Wildman–Crippen LogP) is 3.45. The summed E-state index contributed by atoms with van der Waals surface area (Å²) in [6.07, 6.45) is -0.945. The van der Waals surface area contributed by atoms with Crippen LogP contribution in [0.1, 0.15) is 41.8 Å². The van der Waals surface area contributed by atoms with Gasteiger partial charge < -0.3 is 14.4 Å². The van der Waals surface area contributed by atoms with E-state index in [1.54, 1.807) is 6.07 Å². The molecule has 152 valence electrons. The lowest BCUT2D eigenvalue weighted by Crippen LogP contribution is -2.39. The van der Waals surface area contributed by atoms with E-state index in [2.05, 4.69) is 32.3 Å². The summed E-state index contributed by atoms with van der Waals surface area (Å²) >= 11 is 0. The van der Waals surface area contributed by atoms with E-state index in [0.717, 1.165) is 41.8 Å². The Bertz CT molecular complexity index is 1050. The number of piperidine rings is 1. The molecule has 0 radical (unpaired) electrons. The highest BCUT2D eigenvalue weighted by atomic mass is 19.3. The van der Waals surface area contributed by atoms with E-state index in [4.69, 9.17) is 9.47 Å². The SMILES string of the molecule is Cc1cc2nnc(C(F)F)n2nc1N1CCC(Oc2ccc3c(c2)COC3)CC1. The fourth-order valence-corrected chi connectivity index (χ4v) is 3.98. The molecule has 2 aromatic heterocycles. The summed E-state index contributed by atoms with van der Waals surface area (Å²) in [7, 11) is 0. The largest absolute Gasteiger partial charge is 0.490 e. The third-order valence-electron chi connectivity index (χ3n) is 5.51. The summed E-state index contributed by atoms with van der Waals surface area (Å²) in [5.41, 5.74) is 3.64. The van der Waals surface area contributed by atoms with Crippen molar-refractivity contribution in [3.8, 4) is 5.75 Å². The van der Waals surface area contributed by atoms with Crippen LogP contribution in [0.5, 0.6) is 5.75 Å². The van der Waals surface area contributed by atoms with Crippen molar-refractivity contribution in [3.05, 3.63) is 46.8 Å². The first-order chi connectivity index (χ1) is 14.1. The van der Waals surface area contributed by atoms with Crippen LogP contribution in [0.4, 0.5) is 14.6 Å². The maximum atomic E-state index is 13.1. The highest BCUT2D eigenvalue weighted by molar-refractivity contribution is 5.53. The van der Waals surface area contributed by atoms with Crippen molar-refractivity contribution in [2.45, 2.75) is 45.5 Å². The van der Waals surface area contributed by atoms with Gasteiger partial charge in [-0.2, -0.15) is 4.52 Å². The van der Waals surface area contributed by atoms with Gasteiger partial charge >= 0.3 is 0 Å². The van der Waals surface area contributed by atoms with Crippen LogP contribution in [0, 0.1) is 6.92 Å². The number of halogens is 2. The minimum atomic E-state index is -2.72. The lowest BCUT2D eigenvalue weighted by molar-refractivity contribution is 0.134. The predicted molar refractivity (Wildman–Crippen MR) is 101 cm³/mol. The third-order valence-corrected chi connectivity index (χ3v) is 5.51. The number of ether oxygens (including phenoxy) is 2. The smallest absolute Gasteiger partial charge is 0.299 e. The topological polar surface area (TPSA) is 64.8 Å². The van der Waals surface area contributed by atoms with E-state index in [-0.39, 0.29) is 6.10 Å². The fourth-order valence-electron chi connectivity index (χ4n) is 3.98. The molecule has 2 aliphatic rings. The monoisotopic (exact) mass is 401 g/mol. The maximum Gasteiger partial charge on any atom is 0.299 e. The number of alkyl halides is 2. The van der Waals surface area contributed by atoms with Crippen molar-refractivity contribution >= 4 is 11.5 Å². The molecule has 9 heteroatoms. The van der Waals surface area contributed by atoms with Crippen molar-refractivity contribution < 1.29 is 18.3 Å². The molecule has 0 atom stereocenters. The first-order valence-corrected chi connectivity index (χ1v) is 9.71. The van der Waals surface area contributed by atoms with E-state index in [0.29, 0.717) is 24.7 Å². The highest BCUT2D eigenvalue weighted by Crippen LogP contribution is 2.28. The van der Waals surface area contributed by atoms with Crippen molar-refractivity contribution in [2.24, 2.45) is 0 Å². The van der Waals surface area contributed by atoms with Crippen LogP contribution >= 0.6 is 0 Å². The van der Waals surface area contributed by atoms with Gasteiger partial charge in [-0.05, 0) is 41.8 Å². The summed E-state index contributed by atoms with van der Waals surface area (Å²) in [6, 6.07) is 7.87. The Kier molecular flexibility index (Phi) is 4.54. The Morgan fingerprint density at radius 2 is 1.90 bits per heavy atom. The van der Waals surface area contributed by atoms with Crippen molar-refractivity contribution in [1.29, 1.82) is 0 Å². The van der Waals surface area contributed by atoms with Gasteiger partial charge in [-0.15, -0.1) is 15.3 Å². The van der Waals surface area contributed by atoms with Gasteiger partial charge in [-0.25, -0.2) is 8.78 Å². The molecule has 4 heterocycles. The highest BCUT2D eigenvalue weighted by Gasteiger charge is 2.25. The second-order valence-electron chi connectivity index (χ2n) is 7.51. The number of anilines is 1. The molecular formula is C20H21F2N5O2. The Balaban J connectivity index is 1.29. The number of benzene rings is 1. The molecular weight excluding hydrogens is 380 g/mol. The number of hydrogen-bond acceptors (Lipinski definition) is 6. The summed E-state index contributed by atoms with van der Waals surface area (Å²) in [5, 5.41) is 11.8. The lowest BCUT2D eigenvalue weighted by atomic mass is 10.1. The molecule has 0 bridgehead atoms. The molecule has 0 N–H and O–H groups in total. The number of nitrogens with zero attached hydrogens (tertiary/aromatic N) is 5. The van der Waals surface area contributed by atoms with Gasteiger partial charge in [0.25, 0.3) is 6.43 Å². The van der Waals surface area contributed by atoms with Gasteiger partial charge in [0.1, 0.15) is 11.9 Å². The van der Waals surface area contributed by atoms with Crippen LogP contribution in [0.15, 0.2) is 24.3 Å². The molecule has 1 aromatic carbocycles. The van der Waals surface area contributed by atoms with Gasteiger partial charge in [-0.1, -0.05) is 6.07 Å². The average Bonchev–Trinajstić information content (AvgIpc) is 3.34. The van der Waals surface area contributed by atoms with Gasteiger partial charge in [0, 0.05) is 25.9 Å². The third kappa shape index (κ3) is 3.39. The van der Waals surface area contributed by atoms with E-state index >= 15 is 0 Å². The molecule has 0 aliphatic carbocycles. The van der Waals surface area contributed by atoms with Gasteiger partial charge in [0.15, 0.2) is 11.5 Å². The van der Waals surface area contributed by atoms with Crippen LogP contribution in [-0.4, -0.2) is 39.0 Å². The van der Waals surface area contributed by atoms with Gasteiger partial charge in [-0.3, -0.25) is 0 Å². The van der Waals surface area contributed by atoms with Gasteiger partial charge in [0.05, 0.1) is 13.2 Å². The van der Waals surface area contributed by atoms with Crippen molar-refractivity contribution in [2.75, 3.05) is 18.0 Å². The molecule has 0 amide bonds. The van der Waals surface area contributed by atoms with Gasteiger partial charge in [0.2, 0.25) is 5.82 Å². The minimum Gasteiger partial charge on any atom is -0.490 e. The first kappa shape index (κ1) is 18.2. The fraction of sp³-hybridized carbons (Fsp3) is 0.450. The van der Waals surface area contributed by atoms with E-state index < -0.39 is 12.2 Å². The van der Waals surface area contributed by atoms with Crippen LogP contribution in [0.25, 0.3) is 5.65 Å². The normalized spacial score (nSPS) is 17.3. The number of fused-ring (bicyclic) bond motifs is 2. The maximum absolute atomic E-state index is 13.1. The molecule has 2 aliphatic heterocycles. The molecule has 0 unspecified atom stereocenters. The summed E-state index contributed by atoms with van der Waals surface area (Å²) in [4.78, 5) is 2.11. The van der Waals surface area contributed by atoms with Crippen LogP contribution < -0.4 is 9.64 Å². The molecule has 0 spiro atoms. The standard InChI is InChI=1S/C20H21F2N5O2/c1-12-8-17-23-24-20(18(21)22)27(17)25-19(12)26-6-4-15(5-7-26)29-16-3-2-13-10-28-11-14(13)9-16/h2-3,8-9,15,18H,4-7,10-11H2,1H3. The van der Waals surface area contributed by atoms with Crippen LogP contribution in [-0.2, 0) is 18.0 Å². The number of rotatable bonds is 4. The minimum absolute atomic E-state index is 0.113. The molecule has 1 fully saturated rings. The molecule has 3 aromatic rings.